The first-order valence-corrected chi connectivity index (χ1v) is 7.16. The summed E-state index contributed by atoms with van der Waals surface area (Å²) >= 11 is 15.7. The van der Waals surface area contributed by atoms with E-state index in [-0.39, 0.29) is 5.38 Å². The van der Waals surface area contributed by atoms with E-state index in [0.29, 0.717) is 22.3 Å². The lowest BCUT2D eigenvalue weighted by molar-refractivity contribution is 0.420. The van der Waals surface area contributed by atoms with Crippen molar-refractivity contribution in [2.75, 3.05) is 0 Å². The molecule has 1 atom stereocenters. The van der Waals surface area contributed by atoms with Crippen LogP contribution in [0, 0.1) is 0 Å². The lowest BCUT2D eigenvalue weighted by Gasteiger charge is -2.01. The zero-order valence-electron chi connectivity index (χ0n) is 9.66. The van der Waals surface area contributed by atoms with Crippen molar-refractivity contribution in [1.82, 2.24) is 10.1 Å². The Hall–Kier alpha value is -0.580. The number of rotatable bonds is 4. The summed E-state index contributed by atoms with van der Waals surface area (Å²) in [4.78, 5) is 4.29. The highest BCUT2D eigenvalue weighted by atomic mass is 79.9. The number of benzene rings is 1. The Morgan fingerprint density at radius 2 is 2.22 bits per heavy atom. The van der Waals surface area contributed by atoms with Crippen molar-refractivity contribution < 1.29 is 4.52 Å². The van der Waals surface area contributed by atoms with Crippen LogP contribution >= 0.6 is 39.1 Å². The van der Waals surface area contributed by atoms with Crippen LogP contribution in [0.1, 0.15) is 31.0 Å². The lowest BCUT2D eigenvalue weighted by Crippen LogP contribution is -1.92. The molecule has 2 rings (SSSR count). The number of hydrogen-bond donors (Lipinski definition) is 0. The quantitative estimate of drug-likeness (QED) is 0.709. The molecule has 0 spiro atoms. The van der Waals surface area contributed by atoms with Crippen molar-refractivity contribution in [1.29, 1.82) is 0 Å². The second kappa shape index (κ2) is 6.04. The van der Waals surface area contributed by atoms with Gasteiger partial charge in [0.15, 0.2) is 5.82 Å². The monoisotopic (exact) mass is 348 g/mol. The average molecular weight is 350 g/mol. The smallest absolute Gasteiger partial charge is 0.259 e. The summed E-state index contributed by atoms with van der Waals surface area (Å²) in [6.07, 6.45) is 1.78. The Kier molecular flexibility index (Phi) is 4.65. The number of nitrogens with zero attached hydrogens (tertiary/aromatic N) is 2. The molecule has 0 N–H and O–H groups in total. The zero-order valence-corrected chi connectivity index (χ0v) is 12.8. The molecule has 0 saturated heterocycles. The first-order chi connectivity index (χ1) is 8.63. The van der Waals surface area contributed by atoms with E-state index >= 15 is 0 Å². The second-order valence-corrected chi connectivity index (χ2v) is 5.57. The van der Waals surface area contributed by atoms with Crippen LogP contribution in [0.3, 0.4) is 0 Å². The Morgan fingerprint density at radius 3 is 2.94 bits per heavy atom. The van der Waals surface area contributed by atoms with E-state index in [1.807, 2.05) is 18.2 Å². The van der Waals surface area contributed by atoms with Gasteiger partial charge in [-0.3, -0.25) is 0 Å². The highest BCUT2D eigenvalue weighted by Gasteiger charge is 2.18. The predicted molar refractivity (Wildman–Crippen MR) is 75.9 cm³/mol. The van der Waals surface area contributed by atoms with E-state index < -0.39 is 0 Å². The van der Waals surface area contributed by atoms with Crippen LogP contribution in [0.15, 0.2) is 27.2 Å². The minimum atomic E-state index is -0.224. The lowest BCUT2D eigenvalue weighted by atomic mass is 10.2. The highest BCUT2D eigenvalue weighted by molar-refractivity contribution is 9.10. The summed E-state index contributed by atoms with van der Waals surface area (Å²) < 4.78 is 5.99. The molecule has 0 aliphatic carbocycles. The number of halogens is 3. The maximum atomic E-state index is 6.17. The molecule has 0 amide bonds. The van der Waals surface area contributed by atoms with E-state index in [1.165, 1.54) is 0 Å². The van der Waals surface area contributed by atoms with E-state index in [9.17, 15) is 0 Å². The van der Waals surface area contributed by atoms with Gasteiger partial charge >= 0.3 is 0 Å². The molecule has 0 aliphatic heterocycles. The summed E-state index contributed by atoms with van der Waals surface area (Å²) in [6.45, 7) is 2.06. The molecule has 18 heavy (non-hydrogen) atoms. The van der Waals surface area contributed by atoms with Crippen LogP contribution in [0.2, 0.25) is 5.02 Å². The van der Waals surface area contributed by atoms with Gasteiger partial charge in [-0.25, -0.2) is 0 Å². The maximum absolute atomic E-state index is 6.17. The normalized spacial score (nSPS) is 12.7. The summed E-state index contributed by atoms with van der Waals surface area (Å²) in [5, 5.41) is 4.22. The van der Waals surface area contributed by atoms with Gasteiger partial charge < -0.3 is 4.52 Å². The second-order valence-electron chi connectivity index (χ2n) is 3.82. The fraction of sp³-hybridized carbons (Fsp3) is 0.333. The molecule has 0 saturated carbocycles. The van der Waals surface area contributed by atoms with E-state index in [1.54, 1.807) is 0 Å². The third-order valence-electron chi connectivity index (χ3n) is 2.45. The average Bonchev–Trinajstić information content (AvgIpc) is 2.82. The fourth-order valence-corrected chi connectivity index (χ4v) is 2.40. The SMILES string of the molecule is CCCC(Cl)c1noc(-c2cccc(Br)c2Cl)n1. The molecule has 0 bridgehead atoms. The molecule has 6 heteroatoms. The summed E-state index contributed by atoms with van der Waals surface area (Å²) in [6, 6.07) is 5.54. The minimum absolute atomic E-state index is 0.224. The van der Waals surface area contributed by atoms with Gasteiger partial charge in [-0.1, -0.05) is 36.2 Å². The molecule has 0 aliphatic rings. The molecule has 0 radical (unpaired) electrons. The van der Waals surface area contributed by atoms with Gasteiger partial charge in [-0.15, -0.1) is 11.6 Å². The van der Waals surface area contributed by atoms with E-state index in [0.717, 1.165) is 17.3 Å². The van der Waals surface area contributed by atoms with E-state index in [4.69, 9.17) is 27.7 Å². The molecule has 96 valence electrons. The van der Waals surface area contributed by atoms with Crippen LogP contribution in [0.25, 0.3) is 11.5 Å². The summed E-state index contributed by atoms with van der Waals surface area (Å²) in [7, 11) is 0. The van der Waals surface area contributed by atoms with Gasteiger partial charge in [-0.05, 0) is 34.5 Å². The molecule has 3 nitrogen and oxygen atoms in total. The number of alkyl halides is 1. The van der Waals surface area contributed by atoms with Crippen molar-refractivity contribution in [3.05, 3.63) is 33.5 Å². The minimum Gasteiger partial charge on any atom is -0.334 e. The predicted octanol–water partition coefficient (Wildman–Crippen LogP) is 5.23. The summed E-state index contributed by atoms with van der Waals surface area (Å²) in [5.41, 5.74) is 0.699. The topological polar surface area (TPSA) is 38.9 Å². The van der Waals surface area contributed by atoms with Gasteiger partial charge in [0.2, 0.25) is 0 Å². The standard InChI is InChI=1S/C12H11BrCl2N2O/c1-2-4-9(14)11-16-12(18-17-11)7-5-3-6-8(13)10(7)15/h3,5-6,9H,2,4H2,1H3. The Morgan fingerprint density at radius 1 is 1.44 bits per heavy atom. The van der Waals surface area contributed by atoms with Crippen molar-refractivity contribution in [2.45, 2.75) is 25.1 Å². The maximum Gasteiger partial charge on any atom is 0.259 e. The van der Waals surface area contributed by atoms with Gasteiger partial charge in [-0.2, -0.15) is 4.98 Å². The highest BCUT2D eigenvalue weighted by Crippen LogP contribution is 2.33. The molecular formula is C12H11BrCl2N2O. The fourth-order valence-electron chi connectivity index (χ4n) is 1.52. The van der Waals surface area contributed by atoms with Crippen LogP contribution < -0.4 is 0 Å². The number of aromatic nitrogens is 2. The molecule has 1 aromatic carbocycles. The molecule has 1 heterocycles. The largest absolute Gasteiger partial charge is 0.334 e. The van der Waals surface area contributed by atoms with Crippen molar-refractivity contribution in [2.24, 2.45) is 0 Å². The molecule has 1 aromatic heterocycles. The van der Waals surface area contributed by atoms with Crippen molar-refractivity contribution in [3.63, 3.8) is 0 Å². The van der Waals surface area contributed by atoms with Crippen molar-refractivity contribution >= 4 is 39.1 Å². The van der Waals surface area contributed by atoms with Crippen LogP contribution in [-0.2, 0) is 0 Å². The molecular weight excluding hydrogens is 339 g/mol. The Labute approximate surface area is 124 Å². The van der Waals surface area contributed by atoms with Crippen LogP contribution in [0.4, 0.5) is 0 Å². The first-order valence-electron chi connectivity index (χ1n) is 5.55. The van der Waals surface area contributed by atoms with Gasteiger partial charge in [0.1, 0.15) is 0 Å². The summed E-state index contributed by atoms with van der Waals surface area (Å²) in [5.74, 6) is 0.891. The van der Waals surface area contributed by atoms with E-state index in [2.05, 4.69) is 33.0 Å². The molecule has 1 unspecified atom stereocenters. The van der Waals surface area contributed by atoms with Crippen molar-refractivity contribution in [3.8, 4) is 11.5 Å². The van der Waals surface area contributed by atoms with Gasteiger partial charge in [0, 0.05) is 4.47 Å². The molecule has 2 aromatic rings. The third kappa shape index (κ3) is 2.87. The first kappa shape index (κ1) is 13.8. The van der Waals surface area contributed by atoms with Crippen LogP contribution in [-0.4, -0.2) is 10.1 Å². The zero-order chi connectivity index (χ0) is 13.1. The third-order valence-corrected chi connectivity index (χ3v) is 4.16. The van der Waals surface area contributed by atoms with Crippen LogP contribution in [0.5, 0.6) is 0 Å². The Bertz CT molecular complexity index is 545. The number of hydrogen-bond acceptors (Lipinski definition) is 3. The Balaban J connectivity index is 2.32. The van der Waals surface area contributed by atoms with Gasteiger partial charge in [0.25, 0.3) is 5.89 Å². The van der Waals surface area contributed by atoms with Gasteiger partial charge in [0.05, 0.1) is 16.0 Å². The molecule has 0 fully saturated rings.